The first-order valence-corrected chi connectivity index (χ1v) is 7.56. The molecule has 0 unspecified atom stereocenters. The Hall–Kier alpha value is -3.06. The van der Waals surface area contributed by atoms with E-state index in [2.05, 4.69) is 34.2 Å². The van der Waals surface area contributed by atoms with Crippen molar-refractivity contribution in [1.29, 1.82) is 5.26 Å². The van der Waals surface area contributed by atoms with Crippen molar-refractivity contribution in [3.8, 4) is 6.07 Å². The zero-order valence-electron chi connectivity index (χ0n) is 12.7. The second-order valence-electron chi connectivity index (χ2n) is 5.40. The molecule has 3 aromatic rings. The largest absolute Gasteiger partial charge is 0.352 e. The summed E-state index contributed by atoms with van der Waals surface area (Å²) in [4.78, 5) is 12.0. The minimum absolute atomic E-state index is 0.0205. The molecule has 4 heteroatoms. The van der Waals surface area contributed by atoms with Crippen molar-refractivity contribution in [3.05, 3.63) is 71.9 Å². The molecule has 0 aliphatic heterocycles. The van der Waals surface area contributed by atoms with Crippen LogP contribution in [0.2, 0.25) is 0 Å². The van der Waals surface area contributed by atoms with E-state index in [0.717, 1.165) is 11.1 Å². The monoisotopic (exact) mass is 303 g/mol. The van der Waals surface area contributed by atoms with Gasteiger partial charge in [-0.05, 0) is 35.2 Å². The van der Waals surface area contributed by atoms with E-state index in [9.17, 15) is 4.79 Å². The maximum absolute atomic E-state index is 12.0. The highest BCUT2D eigenvalue weighted by atomic mass is 16.1. The normalized spacial score (nSPS) is 10.4. The highest BCUT2D eigenvalue weighted by Gasteiger charge is 2.04. The summed E-state index contributed by atoms with van der Waals surface area (Å²) < 4.78 is 2.09. The first-order chi connectivity index (χ1) is 11.3. The molecule has 2 aromatic carbocycles. The van der Waals surface area contributed by atoms with Gasteiger partial charge in [-0.15, -0.1) is 0 Å². The number of para-hydroxylation sites is 1. The Kier molecular flexibility index (Phi) is 4.39. The van der Waals surface area contributed by atoms with Crippen molar-refractivity contribution >= 4 is 16.8 Å². The topological polar surface area (TPSA) is 57.8 Å². The zero-order valence-corrected chi connectivity index (χ0v) is 12.7. The summed E-state index contributed by atoms with van der Waals surface area (Å²) in [6.45, 7) is 1.14. The highest BCUT2D eigenvalue weighted by Crippen LogP contribution is 2.15. The van der Waals surface area contributed by atoms with Crippen LogP contribution in [0, 0.1) is 11.3 Å². The van der Waals surface area contributed by atoms with Gasteiger partial charge in [-0.3, -0.25) is 4.79 Å². The van der Waals surface area contributed by atoms with Gasteiger partial charge >= 0.3 is 0 Å². The average Bonchev–Trinajstić information content (AvgIpc) is 3.02. The molecule has 3 rings (SSSR count). The molecular formula is C19H17N3O. The number of carbonyl (C=O) groups excluding carboxylic acids is 1. The van der Waals surface area contributed by atoms with Crippen LogP contribution in [0.4, 0.5) is 0 Å². The molecule has 0 spiro atoms. The lowest BCUT2D eigenvalue weighted by atomic mass is 10.1. The van der Waals surface area contributed by atoms with Crippen LogP contribution in [-0.2, 0) is 17.9 Å². The molecule has 0 bridgehead atoms. The van der Waals surface area contributed by atoms with Crippen LogP contribution in [0.15, 0.2) is 60.8 Å². The number of nitrogens with zero attached hydrogens (tertiary/aromatic N) is 2. The van der Waals surface area contributed by atoms with Gasteiger partial charge < -0.3 is 9.88 Å². The lowest BCUT2D eigenvalue weighted by molar-refractivity contribution is -0.121. The van der Waals surface area contributed by atoms with Crippen molar-refractivity contribution in [3.63, 3.8) is 0 Å². The molecule has 0 saturated carbocycles. The Labute approximate surface area is 135 Å². The second-order valence-corrected chi connectivity index (χ2v) is 5.40. The zero-order chi connectivity index (χ0) is 16.1. The van der Waals surface area contributed by atoms with Crippen LogP contribution < -0.4 is 5.32 Å². The van der Waals surface area contributed by atoms with Crippen LogP contribution in [0.1, 0.15) is 17.5 Å². The Bertz CT molecular complexity index is 856. The number of aromatic nitrogens is 1. The molecule has 0 atom stereocenters. The van der Waals surface area contributed by atoms with Crippen molar-refractivity contribution in [2.24, 2.45) is 0 Å². The summed E-state index contributed by atoms with van der Waals surface area (Å²) in [5.74, 6) is 0.0205. The first kappa shape index (κ1) is 14.9. The minimum atomic E-state index is 0.0205. The molecule has 0 aliphatic rings. The highest BCUT2D eigenvalue weighted by molar-refractivity contribution is 5.80. The number of benzene rings is 2. The van der Waals surface area contributed by atoms with Gasteiger partial charge in [0.15, 0.2) is 0 Å². The van der Waals surface area contributed by atoms with E-state index < -0.39 is 0 Å². The molecule has 23 heavy (non-hydrogen) atoms. The van der Waals surface area contributed by atoms with E-state index in [1.165, 1.54) is 5.39 Å². The summed E-state index contributed by atoms with van der Waals surface area (Å²) in [5.41, 5.74) is 2.76. The first-order valence-electron chi connectivity index (χ1n) is 7.56. The van der Waals surface area contributed by atoms with Gasteiger partial charge in [0.1, 0.15) is 0 Å². The number of nitrogens with one attached hydrogen (secondary N) is 1. The molecule has 0 radical (unpaired) electrons. The van der Waals surface area contributed by atoms with Crippen molar-refractivity contribution in [2.75, 3.05) is 0 Å². The van der Waals surface area contributed by atoms with Crippen molar-refractivity contribution < 1.29 is 4.79 Å². The predicted molar refractivity (Wildman–Crippen MR) is 89.6 cm³/mol. The van der Waals surface area contributed by atoms with Gasteiger partial charge in [0, 0.05) is 31.2 Å². The average molecular weight is 303 g/mol. The Morgan fingerprint density at radius 2 is 1.87 bits per heavy atom. The summed E-state index contributed by atoms with van der Waals surface area (Å²) in [5, 5.41) is 12.9. The third kappa shape index (κ3) is 3.58. The lowest BCUT2D eigenvalue weighted by Crippen LogP contribution is -2.23. The van der Waals surface area contributed by atoms with Gasteiger partial charge in [-0.2, -0.15) is 5.26 Å². The molecule has 0 aliphatic carbocycles. The van der Waals surface area contributed by atoms with E-state index in [1.54, 1.807) is 12.1 Å². The van der Waals surface area contributed by atoms with E-state index >= 15 is 0 Å². The fourth-order valence-corrected chi connectivity index (χ4v) is 2.54. The van der Waals surface area contributed by atoms with E-state index in [-0.39, 0.29) is 5.91 Å². The Morgan fingerprint density at radius 1 is 1.09 bits per heavy atom. The molecule has 0 saturated heterocycles. The summed E-state index contributed by atoms with van der Waals surface area (Å²) in [6, 6.07) is 19.5. The SMILES string of the molecule is N#Cc1ccc(CNC(=O)CCn2ccc3ccccc32)cc1. The maximum atomic E-state index is 12.0. The Balaban J connectivity index is 1.52. The molecule has 1 amide bonds. The van der Waals surface area contributed by atoms with Gasteiger partial charge in [-0.25, -0.2) is 0 Å². The number of hydrogen-bond donors (Lipinski definition) is 1. The van der Waals surface area contributed by atoms with Crippen LogP contribution in [0.3, 0.4) is 0 Å². The number of fused-ring (bicyclic) bond motifs is 1. The standard InChI is InChI=1S/C19H17N3O/c20-13-15-5-7-16(8-6-15)14-21-19(23)10-12-22-11-9-17-3-1-2-4-18(17)22/h1-9,11H,10,12,14H2,(H,21,23). The quantitative estimate of drug-likeness (QED) is 0.786. The number of aryl methyl sites for hydroxylation is 1. The minimum Gasteiger partial charge on any atom is -0.352 e. The summed E-state index contributed by atoms with van der Waals surface area (Å²) >= 11 is 0. The third-order valence-electron chi connectivity index (χ3n) is 3.83. The predicted octanol–water partition coefficient (Wildman–Crippen LogP) is 3.22. The molecule has 1 N–H and O–H groups in total. The van der Waals surface area contributed by atoms with Crippen LogP contribution in [0.25, 0.3) is 10.9 Å². The summed E-state index contributed by atoms with van der Waals surface area (Å²) in [7, 11) is 0. The summed E-state index contributed by atoms with van der Waals surface area (Å²) in [6.07, 6.45) is 2.45. The second kappa shape index (κ2) is 6.80. The maximum Gasteiger partial charge on any atom is 0.222 e. The van der Waals surface area contributed by atoms with Gasteiger partial charge in [0.25, 0.3) is 0 Å². The number of carbonyl (C=O) groups is 1. The molecule has 114 valence electrons. The lowest BCUT2D eigenvalue weighted by Gasteiger charge is -2.07. The van der Waals surface area contributed by atoms with Crippen LogP contribution >= 0.6 is 0 Å². The van der Waals surface area contributed by atoms with Gasteiger partial charge in [0.05, 0.1) is 11.6 Å². The molecule has 0 fully saturated rings. The fourth-order valence-electron chi connectivity index (χ4n) is 2.54. The molecule has 1 heterocycles. The Morgan fingerprint density at radius 3 is 2.65 bits per heavy atom. The molecular weight excluding hydrogens is 286 g/mol. The number of amides is 1. The molecule has 4 nitrogen and oxygen atoms in total. The fraction of sp³-hybridized carbons (Fsp3) is 0.158. The van der Waals surface area contributed by atoms with Crippen molar-refractivity contribution in [2.45, 2.75) is 19.5 Å². The van der Waals surface area contributed by atoms with Gasteiger partial charge in [0.2, 0.25) is 5.91 Å². The number of nitriles is 1. The van der Waals surface area contributed by atoms with Gasteiger partial charge in [-0.1, -0.05) is 30.3 Å². The molecule has 1 aromatic heterocycles. The van der Waals surface area contributed by atoms with E-state index in [1.807, 2.05) is 30.5 Å². The van der Waals surface area contributed by atoms with Crippen LogP contribution in [0.5, 0.6) is 0 Å². The number of hydrogen-bond acceptors (Lipinski definition) is 2. The van der Waals surface area contributed by atoms with E-state index in [4.69, 9.17) is 5.26 Å². The third-order valence-corrected chi connectivity index (χ3v) is 3.83. The smallest absolute Gasteiger partial charge is 0.222 e. The van der Waals surface area contributed by atoms with Crippen LogP contribution in [-0.4, -0.2) is 10.5 Å². The number of rotatable bonds is 5. The van der Waals surface area contributed by atoms with E-state index in [0.29, 0.717) is 25.1 Å². The van der Waals surface area contributed by atoms with Crippen molar-refractivity contribution in [1.82, 2.24) is 9.88 Å².